The molecule has 8 nitrogen and oxygen atoms in total. The van der Waals surface area contributed by atoms with E-state index in [0.717, 1.165) is 0 Å². The topological polar surface area (TPSA) is 131 Å². The predicted octanol–water partition coefficient (Wildman–Crippen LogP) is 1.13. The number of aromatic nitrogens is 2. The van der Waals surface area contributed by atoms with Gasteiger partial charge in [0.25, 0.3) is 5.56 Å². The highest BCUT2D eigenvalue weighted by molar-refractivity contribution is 5.80. The Balaban J connectivity index is 2.26. The van der Waals surface area contributed by atoms with E-state index in [1.54, 1.807) is 25.1 Å². The van der Waals surface area contributed by atoms with Gasteiger partial charge < -0.3 is 20.0 Å². The minimum atomic E-state index is -0.806. The molecule has 8 heteroatoms. The molecule has 0 bridgehead atoms. The van der Waals surface area contributed by atoms with Crippen LogP contribution >= 0.6 is 0 Å². The van der Waals surface area contributed by atoms with E-state index in [2.05, 4.69) is 10.2 Å². The van der Waals surface area contributed by atoms with E-state index >= 15 is 0 Å². The van der Waals surface area contributed by atoms with Crippen LogP contribution in [0.15, 0.2) is 38.5 Å². The number of primary amides is 1. The number of benzene rings is 1. The minimum absolute atomic E-state index is 0.188. The van der Waals surface area contributed by atoms with Crippen LogP contribution in [0.25, 0.3) is 11.0 Å². The molecule has 0 radical (unpaired) electrons. The fourth-order valence-corrected chi connectivity index (χ4v) is 2.94. The average molecular weight is 343 g/mol. The predicted molar refractivity (Wildman–Crippen MR) is 90.8 cm³/mol. The molecule has 2 heterocycles. The molecule has 0 saturated heterocycles. The van der Waals surface area contributed by atoms with Crippen molar-refractivity contribution in [1.29, 1.82) is 0 Å². The number of ether oxygens (including phenoxy) is 1. The Labute approximate surface area is 141 Å². The zero-order chi connectivity index (χ0) is 18.1. The van der Waals surface area contributed by atoms with Crippen molar-refractivity contribution in [2.75, 3.05) is 7.11 Å². The first-order chi connectivity index (χ1) is 11.9. The molecule has 0 fully saturated rings. The number of aryl methyl sites for hydroxylation is 1. The van der Waals surface area contributed by atoms with Crippen molar-refractivity contribution in [3.8, 4) is 5.75 Å². The van der Waals surface area contributed by atoms with Gasteiger partial charge in [-0.15, -0.1) is 0 Å². The molecule has 3 rings (SSSR count). The van der Waals surface area contributed by atoms with E-state index in [1.807, 2.05) is 0 Å². The third-order valence-electron chi connectivity index (χ3n) is 4.15. The summed E-state index contributed by atoms with van der Waals surface area (Å²) in [6, 6.07) is 4.85. The molecule has 0 aliphatic heterocycles. The van der Waals surface area contributed by atoms with Gasteiger partial charge in [0.05, 0.1) is 18.8 Å². The lowest BCUT2D eigenvalue weighted by Crippen LogP contribution is -2.24. The largest absolute Gasteiger partial charge is 0.497 e. The monoisotopic (exact) mass is 343 g/mol. The highest BCUT2D eigenvalue weighted by Gasteiger charge is 2.26. The van der Waals surface area contributed by atoms with Crippen LogP contribution in [-0.2, 0) is 4.79 Å². The van der Waals surface area contributed by atoms with E-state index < -0.39 is 17.4 Å². The smallest absolute Gasteiger partial charge is 0.267 e. The molecule has 130 valence electrons. The molecular weight excluding hydrogens is 326 g/mol. The number of rotatable bonds is 5. The number of aromatic amines is 2. The molecular formula is C17H17N3O5. The number of fused-ring (bicyclic) bond motifs is 1. The number of carbonyl (C=O) groups is 1. The lowest BCUT2D eigenvalue weighted by atomic mass is 9.89. The van der Waals surface area contributed by atoms with Crippen LogP contribution in [0.3, 0.4) is 0 Å². The van der Waals surface area contributed by atoms with Gasteiger partial charge in [-0.25, -0.2) is 0 Å². The van der Waals surface area contributed by atoms with E-state index in [4.69, 9.17) is 14.9 Å². The van der Waals surface area contributed by atoms with Gasteiger partial charge in [-0.2, -0.15) is 0 Å². The Morgan fingerprint density at radius 2 is 2.08 bits per heavy atom. The van der Waals surface area contributed by atoms with Crippen molar-refractivity contribution >= 4 is 16.9 Å². The summed E-state index contributed by atoms with van der Waals surface area (Å²) < 4.78 is 10.7. The molecule has 1 amide bonds. The molecule has 0 aliphatic rings. The standard InChI is InChI=1S/C17H17N3O5/c1-8-15(17(23)20-19-8)10(6-14(18)21)12-7-25-13-4-3-9(24-2)5-11(13)16(12)22/h3-5,7,10H,6H2,1-2H3,(H2,18,21)(H2,19,20,23). The van der Waals surface area contributed by atoms with Crippen LogP contribution in [-0.4, -0.2) is 23.2 Å². The molecule has 1 atom stereocenters. The SMILES string of the molecule is COc1ccc2occ(C(CC(N)=O)c3c(C)[nH][nH]c3=O)c(=O)c2c1. The Hall–Kier alpha value is -3.29. The lowest BCUT2D eigenvalue weighted by molar-refractivity contribution is -0.118. The number of nitrogens with two attached hydrogens (primary N) is 1. The number of methoxy groups -OCH3 is 1. The first-order valence-corrected chi connectivity index (χ1v) is 7.57. The number of hydrogen-bond donors (Lipinski definition) is 3. The van der Waals surface area contributed by atoms with Crippen molar-refractivity contribution in [2.45, 2.75) is 19.3 Å². The summed E-state index contributed by atoms with van der Waals surface area (Å²) in [6.45, 7) is 1.67. The Bertz CT molecular complexity index is 1060. The number of carbonyl (C=O) groups excluding carboxylic acids is 1. The van der Waals surface area contributed by atoms with E-state index in [9.17, 15) is 14.4 Å². The summed E-state index contributed by atoms with van der Waals surface area (Å²) in [5, 5.41) is 5.44. The Kier molecular flexibility index (Phi) is 4.18. The second-order valence-corrected chi connectivity index (χ2v) is 5.72. The third kappa shape index (κ3) is 2.93. The highest BCUT2D eigenvalue weighted by Crippen LogP contribution is 2.27. The molecule has 25 heavy (non-hydrogen) atoms. The second kappa shape index (κ2) is 6.31. The van der Waals surface area contributed by atoms with Crippen LogP contribution < -0.4 is 21.5 Å². The number of H-pyrrole nitrogens is 2. The van der Waals surface area contributed by atoms with E-state index in [1.165, 1.54) is 13.4 Å². The summed E-state index contributed by atoms with van der Waals surface area (Å²) in [5.41, 5.74) is 5.97. The molecule has 4 N–H and O–H groups in total. The van der Waals surface area contributed by atoms with Crippen LogP contribution in [0.1, 0.15) is 29.2 Å². The number of hydrogen-bond acceptors (Lipinski definition) is 5. The molecule has 0 spiro atoms. The van der Waals surface area contributed by atoms with Crippen LogP contribution in [0.2, 0.25) is 0 Å². The van der Waals surface area contributed by atoms with Crippen LogP contribution in [0, 0.1) is 6.92 Å². The second-order valence-electron chi connectivity index (χ2n) is 5.72. The molecule has 1 unspecified atom stereocenters. The average Bonchev–Trinajstić information content (AvgIpc) is 2.92. The van der Waals surface area contributed by atoms with Gasteiger partial charge in [0.1, 0.15) is 11.3 Å². The van der Waals surface area contributed by atoms with Crippen molar-refractivity contribution in [1.82, 2.24) is 10.2 Å². The summed E-state index contributed by atoms with van der Waals surface area (Å²) in [6.07, 6.45) is 1.08. The van der Waals surface area contributed by atoms with Crippen molar-refractivity contribution < 1.29 is 13.9 Å². The van der Waals surface area contributed by atoms with Crippen LogP contribution in [0.5, 0.6) is 5.75 Å². The van der Waals surface area contributed by atoms with Gasteiger partial charge in [0.2, 0.25) is 5.91 Å². The van der Waals surface area contributed by atoms with Crippen molar-refractivity contribution in [3.05, 3.63) is 61.9 Å². The van der Waals surface area contributed by atoms with Gasteiger partial charge in [-0.1, -0.05) is 0 Å². The number of nitrogens with one attached hydrogen (secondary N) is 2. The van der Waals surface area contributed by atoms with Gasteiger partial charge in [0.15, 0.2) is 5.43 Å². The normalized spacial score (nSPS) is 12.2. The molecule has 1 aromatic carbocycles. The van der Waals surface area contributed by atoms with Gasteiger partial charge in [-0.3, -0.25) is 19.5 Å². The molecule has 0 saturated carbocycles. The van der Waals surface area contributed by atoms with E-state index in [0.29, 0.717) is 22.4 Å². The Morgan fingerprint density at radius 3 is 2.68 bits per heavy atom. The van der Waals surface area contributed by atoms with Gasteiger partial charge in [-0.05, 0) is 25.1 Å². The van der Waals surface area contributed by atoms with Gasteiger partial charge in [0, 0.05) is 29.2 Å². The first kappa shape index (κ1) is 16.6. The summed E-state index contributed by atoms with van der Waals surface area (Å²) in [5.74, 6) is -0.937. The third-order valence-corrected chi connectivity index (χ3v) is 4.15. The zero-order valence-corrected chi connectivity index (χ0v) is 13.7. The maximum absolute atomic E-state index is 12.9. The fraction of sp³-hybridized carbons (Fsp3) is 0.235. The Morgan fingerprint density at radius 1 is 1.32 bits per heavy atom. The fourth-order valence-electron chi connectivity index (χ4n) is 2.94. The maximum Gasteiger partial charge on any atom is 0.267 e. The summed E-state index contributed by atoms with van der Waals surface area (Å²) >= 11 is 0. The summed E-state index contributed by atoms with van der Waals surface area (Å²) in [4.78, 5) is 36.6. The van der Waals surface area contributed by atoms with Crippen LogP contribution in [0.4, 0.5) is 0 Å². The molecule has 3 aromatic rings. The van der Waals surface area contributed by atoms with E-state index in [-0.39, 0.29) is 23.0 Å². The zero-order valence-electron chi connectivity index (χ0n) is 13.7. The van der Waals surface area contributed by atoms with Crippen molar-refractivity contribution in [2.24, 2.45) is 5.73 Å². The maximum atomic E-state index is 12.9. The molecule has 2 aromatic heterocycles. The van der Waals surface area contributed by atoms with Crippen molar-refractivity contribution in [3.63, 3.8) is 0 Å². The number of amides is 1. The lowest BCUT2D eigenvalue weighted by Gasteiger charge is -2.14. The highest BCUT2D eigenvalue weighted by atomic mass is 16.5. The quantitative estimate of drug-likeness (QED) is 0.639. The first-order valence-electron chi connectivity index (χ1n) is 7.57. The van der Waals surface area contributed by atoms with Gasteiger partial charge >= 0.3 is 0 Å². The minimum Gasteiger partial charge on any atom is -0.497 e. The molecule has 0 aliphatic carbocycles. The summed E-state index contributed by atoms with van der Waals surface area (Å²) in [7, 11) is 1.49.